The van der Waals surface area contributed by atoms with E-state index < -0.39 is 0 Å². The SMILES string of the molecule is CCOCCNCCN1CCN(c2cccc(C)c2)CC1. The van der Waals surface area contributed by atoms with Crippen molar-refractivity contribution in [1.82, 2.24) is 10.2 Å². The highest BCUT2D eigenvalue weighted by molar-refractivity contribution is 5.48. The summed E-state index contributed by atoms with van der Waals surface area (Å²) in [5, 5.41) is 3.44. The molecule has 0 spiro atoms. The van der Waals surface area contributed by atoms with Gasteiger partial charge in [0.1, 0.15) is 0 Å². The predicted molar refractivity (Wildman–Crippen MR) is 89.2 cm³/mol. The normalized spacial score (nSPS) is 16.4. The smallest absolute Gasteiger partial charge is 0.0590 e. The molecule has 0 bridgehead atoms. The Bertz CT molecular complexity index is 403. The quantitative estimate of drug-likeness (QED) is 0.739. The molecule has 0 unspecified atom stereocenters. The Labute approximate surface area is 129 Å². The van der Waals surface area contributed by atoms with E-state index >= 15 is 0 Å². The van der Waals surface area contributed by atoms with Gasteiger partial charge in [-0.05, 0) is 31.5 Å². The van der Waals surface area contributed by atoms with Gasteiger partial charge in [0.15, 0.2) is 0 Å². The van der Waals surface area contributed by atoms with E-state index in [1.54, 1.807) is 0 Å². The first-order chi connectivity index (χ1) is 10.3. The molecule has 0 aromatic heterocycles. The lowest BCUT2D eigenvalue weighted by Gasteiger charge is -2.36. The van der Waals surface area contributed by atoms with Crippen molar-refractivity contribution in [3.8, 4) is 0 Å². The maximum absolute atomic E-state index is 5.32. The van der Waals surface area contributed by atoms with Gasteiger partial charge in [-0.1, -0.05) is 12.1 Å². The van der Waals surface area contributed by atoms with E-state index in [-0.39, 0.29) is 0 Å². The van der Waals surface area contributed by atoms with Crippen molar-refractivity contribution in [3.05, 3.63) is 29.8 Å². The van der Waals surface area contributed by atoms with Gasteiger partial charge in [0, 0.05) is 58.1 Å². The largest absolute Gasteiger partial charge is 0.380 e. The third kappa shape index (κ3) is 5.65. The monoisotopic (exact) mass is 291 g/mol. The molecule has 1 saturated heterocycles. The predicted octanol–water partition coefficient (Wildman–Crippen LogP) is 1.74. The first-order valence-corrected chi connectivity index (χ1v) is 8.12. The van der Waals surface area contributed by atoms with E-state index in [1.807, 2.05) is 6.92 Å². The van der Waals surface area contributed by atoms with Crippen LogP contribution in [0.5, 0.6) is 0 Å². The molecular formula is C17H29N3O. The number of rotatable bonds is 8. The lowest BCUT2D eigenvalue weighted by Crippen LogP contribution is -2.48. The molecule has 1 heterocycles. The van der Waals surface area contributed by atoms with E-state index in [0.717, 1.165) is 59.0 Å². The number of hydrogen-bond donors (Lipinski definition) is 1. The minimum atomic E-state index is 0.808. The number of piperazine rings is 1. The molecule has 4 heteroatoms. The number of ether oxygens (including phenoxy) is 1. The van der Waals surface area contributed by atoms with E-state index in [4.69, 9.17) is 4.74 Å². The van der Waals surface area contributed by atoms with Crippen LogP contribution in [0.1, 0.15) is 12.5 Å². The molecule has 118 valence electrons. The third-order valence-electron chi connectivity index (χ3n) is 3.97. The summed E-state index contributed by atoms with van der Waals surface area (Å²) >= 11 is 0. The fourth-order valence-electron chi connectivity index (χ4n) is 2.71. The van der Waals surface area contributed by atoms with Crippen LogP contribution < -0.4 is 10.2 Å². The van der Waals surface area contributed by atoms with Crippen molar-refractivity contribution in [2.24, 2.45) is 0 Å². The van der Waals surface area contributed by atoms with Crippen molar-refractivity contribution in [3.63, 3.8) is 0 Å². The van der Waals surface area contributed by atoms with Crippen LogP contribution in [0.15, 0.2) is 24.3 Å². The molecule has 1 aromatic rings. The van der Waals surface area contributed by atoms with E-state index in [1.165, 1.54) is 11.3 Å². The number of nitrogens with zero attached hydrogens (tertiary/aromatic N) is 2. The van der Waals surface area contributed by atoms with Crippen molar-refractivity contribution in [2.75, 3.05) is 63.9 Å². The first kappa shape index (κ1) is 16.3. The molecule has 0 saturated carbocycles. The van der Waals surface area contributed by atoms with Crippen LogP contribution in [-0.2, 0) is 4.74 Å². The summed E-state index contributed by atoms with van der Waals surface area (Å²) < 4.78 is 5.32. The van der Waals surface area contributed by atoms with Crippen LogP contribution >= 0.6 is 0 Å². The number of hydrogen-bond acceptors (Lipinski definition) is 4. The minimum absolute atomic E-state index is 0.808. The highest BCUT2D eigenvalue weighted by atomic mass is 16.5. The molecule has 1 aromatic carbocycles. The Balaban J connectivity index is 1.62. The second kappa shape index (κ2) is 9.03. The van der Waals surface area contributed by atoms with Crippen molar-refractivity contribution < 1.29 is 4.74 Å². The Kier molecular flexibility index (Phi) is 7.00. The van der Waals surface area contributed by atoms with Gasteiger partial charge in [-0.3, -0.25) is 4.90 Å². The van der Waals surface area contributed by atoms with Gasteiger partial charge in [-0.25, -0.2) is 0 Å². The molecule has 1 aliphatic rings. The summed E-state index contributed by atoms with van der Waals surface area (Å²) in [7, 11) is 0. The van der Waals surface area contributed by atoms with Gasteiger partial charge >= 0.3 is 0 Å². The van der Waals surface area contributed by atoms with Crippen LogP contribution in [0.25, 0.3) is 0 Å². The fourth-order valence-corrected chi connectivity index (χ4v) is 2.71. The van der Waals surface area contributed by atoms with Crippen LogP contribution in [-0.4, -0.2) is 63.9 Å². The molecule has 2 rings (SSSR count). The molecule has 1 aliphatic heterocycles. The maximum Gasteiger partial charge on any atom is 0.0590 e. The summed E-state index contributed by atoms with van der Waals surface area (Å²) in [6.07, 6.45) is 0. The number of nitrogens with one attached hydrogen (secondary N) is 1. The Hall–Kier alpha value is -1.10. The summed E-state index contributed by atoms with van der Waals surface area (Å²) in [6, 6.07) is 8.82. The topological polar surface area (TPSA) is 27.7 Å². The number of benzene rings is 1. The molecule has 0 amide bonds. The van der Waals surface area contributed by atoms with Crippen molar-refractivity contribution in [1.29, 1.82) is 0 Å². The molecule has 0 radical (unpaired) electrons. The lowest BCUT2D eigenvalue weighted by molar-refractivity contribution is 0.148. The molecule has 4 nitrogen and oxygen atoms in total. The molecule has 0 aliphatic carbocycles. The van der Waals surface area contributed by atoms with Gasteiger partial charge in [-0.2, -0.15) is 0 Å². The summed E-state index contributed by atoms with van der Waals surface area (Å²) in [6.45, 7) is 13.5. The highest BCUT2D eigenvalue weighted by Gasteiger charge is 2.16. The maximum atomic E-state index is 5.32. The Morgan fingerprint density at radius 1 is 1.14 bits per heavy atom. The number of anilines is 1. The van der Waals surface area contributed by atoms with Crippen LogP contribution in [0.4, 0.5) is 5.69 Å². The summed E-state index contributed by atoms with van der Waals surface area (Å²) in [4.78, 5) is 5.03. The van der Waals surface area contributed by atoms with Gasteiger partial charge in [0.2, 0.25) is 0 Å². The Morgan fingerprint density at radius 3 is 2.67 bits per heavy atom. The minimum Gasteiger partial charge on any atom is -0.380 e. The van der Waals surface area contributed by atoms with Gasteiger partial charge in [0.25, 0.3) is 0 Å². The molecular weight excluding hydrogens is 262 g/mol. The Morgan fingerprint density at radius 2 is 1.95 bits per heavy atom. The average molecular weight is 291 g/mol. The molecule has 1 N–H and O–H groups in total. The lowest BCUT2D eigenvalue weighted by atomic mass is 10.2. The van der Waals surface area contributed by atoms with Crippen LogP contribution in [0, 0.1) is 6.92 Å². The zero-order chi connectivity index (χ0) is 14.9. The second-order valence-corrected chi connectivity index (χ2v) is 5.61. The average Bonchev–Trinajstić information content (AvgIpc) is 2.51. The van der Waals surface area contributed by atoms with Gasteiger partial charge in [-0.15, -0.1) is 0 Å². The summed E-state index contributed by atoms with van der Waals surface area (Å²) in [5.74, 6) is 0. The van der Waals surface area contributed by atoms with Gasteiger partial charge < -0.3 is 15.0 Å². The van der Waals surface area contributed by atoms with E-state index in [9.17, 15) is 0 Å². The zero-order valence-electron chi connectivity index (χ0n) is 13.5. The fraction of sp³-hybridized carbons (Fsp3) is 0.647. The van der Waals surface area contributed by atoms with E-state index in [0.29, 0.717) is 0 Å². The van der Waals surface area contributed by atoms with Crippen molar-refractivity contribution in [2.45, 2.75) is 13.8 Å². The third-order valence-corrected chi connectivity index (χ3v) is 3.97. The molecule has 21 heavy (non-hydrogen) atoms. The van der Waals surface area contributed by atoms with E-state index in [2.05, 4.69) is 46.3 Å². The van der Waals surface area contributed by atoms with Crippen LogP contribution in [0.2, 0.25) is 0 Å². The van der Waals surface area contributed by atoms with Crippen molar-refractivity contribution >= 4 is 5.69 Å². The molecule has 0 atom stereocenters. The highest BCUT2D eigenvalue weighted by Crippen LogP contribution is 2.17. The van der Waals surface area contributed by atoms with Gasteiger partial charge in [0.05, 0.1) is 6.61 Å². The number of aryl methyl sites for hydroxylation is 1. The summed E-state index contributed by atoms with van der Waals surface area (Å²) in [5.41, 5.74) is 2.71. The zero-order valence-corrected chi connectivity index (χ0v) is 13.5. The first-order valence-electron chi connectivity index (χ1n) is 8.12. The molecule has 1 fully saturated rings. The van der Waals surface area contributed by atoms with Crippen LogP contribution in [0.3, 0.4) is 0 Å². The standard InChI is InChI=1S/C17H29N3O/c1-3-21-14-8-18-7-9-19-10-12-20(13-11-19)17-6-4-5-16(2)15-17/h4-6,15,18H,3,7-14H2,1-2H3. The second-order valence-electron chi connectivity index (χ2n) is 5.61.